The van der Waals surface area contributed by atoms with Gasteiger partial charge in [-0.15, -0.1) is 0 Å². The Morgan fingerprint density at radius 1 is 0.971 bits per heavy atom. The molecule has 2 heterocycles. The predicted molar refractivity (Wildman–Crippen MR) is 136 cm³/mol. The summed E-state index contributed by atoms with van der Waals surface area (Å²) in [7, 11) is 3.33. The highest BCUT2D eigenvalue weighted by Crippen LogP contribution is 2.34. The van der Waals surface area contributed by atoms with Crippen LogP contribution in [0.5, 0.6) is 11.5 Å². The lowest BCUT2D eigenvalue weighted by atomic mass is 10.2. The Kier molecular flexibility index (Phi) is 7.27. The normalized spacial score (nSPS) is 11.2. The minimum atomic E-state index is 0.399. The Morgan fingerprint density at radius 2 is 1.74 bits per heavy atom. The molecule has 0 fully saturated rings. The molecule has 2 aromatic carbocycles. The Bertz CT molecular complexity index is 1230. The lowest BCUT2D eigenvalue weighted by molar-refractivity contribution is 0.394. The number of nitrogens with one attached hydrogen (secondary N) is 1. The van der Waals surface area contributed by atoms with Crippen LogP contribution in [0.15, 0.2) is 55.0 Å². The summed E-state index contributed by atoms with van der Waals surface area (Å²) < 4.78 is 12.9. The number of anilines is 2. The van der Waals surface area contributed by atoms with Crippen molar-refractivity contribution in [1.82, 2.24) is 25.1 Å². The Balaban J connectivity index is 1.75. The number of aromatic nitrogens is 4. The van der Waals surface area contributed by atoms with E-state index in [0.717, 1.165) is 64.8 Å². The molecule has 0 aliphatic heterocycles. The molecule has 0 radical (unpaired) electrons. The minimum absolute atomic E-state index is 0.399. The molecule has 0 aliphatic rings. The number of nitrogens with zero attached hydrogens (tertiary/aromatic N) is 5. The lowest BCUT2D eigenvalue weighted by Crippen LogP contribution is -2.32. The molecule has 8 heteroatoms. The quantitative estimate of drug-likeness (QED) is 0.369. The van der Waals surface area contributed by atoms with Crippen molar-refractivity contribution in [2.24, 2.45) is 0 Å². The molecule has 0 unspecified atom stereocenters. The van der Waals surface area contributed by atoms with E-state index >= 15 is 0 Å². The van der Waals surface area contributed by atoms with Crippen LogP contribution in [0.3, 0.4) is 0 Å². The Morgan fingerprint density at radius 3 is 2.38 bits per heavy atom. The highest BCUT2D eigenvalue weighted by atomic mass is 16.5. The van der Waals surface area contributed by atoms with Crippen LogP contribution < -0.4 is 19.7 Å². The van der Waals surface area contributed by atoms with E-state index in [4.69, 9.17) is 14.5 Å². The van der Waals surface area contributed by atoms with Crippen LogP contribution in [0, 0.1) is 0 Å². The highest BCUT2D eigenvalue weighted by molar-refractivity contribution is 5.82. The predicted octanol–water partition coefficient (Wildman–Crippen LogP) is 4.67. The first kappa shape index (κ1) is 23.5. The summed E-state index contributed by atoms with van der Waals surface area (Å²) in [6.45, 7) is 8.74. The fourth-order valence-electron chi connectivity index (χ4n) is 3.80. The molecule has 0 spiro atoms. The van der Waals surface area contributed by atoms with Crippen molar-refractivity contribution in [2.75, 3.05) is 32.2 Å². The SMILES string of the molecule is CCn1cc(-c2cnc3ccc(N(CCNC(C)C)c4cc(OC)cc(OC)c4)cc3n2)cn1. The average molecular weight is 461 g/mol. The number of benzene rings is 2. The Labute approximate surface area is 200 Å². The number of fused-ring (bicyclic) bond motifs is 1. The Hall–Kier alpha value is -3.65. The summed E-state index contributed by atoms with van der Waals surface area (Å²) in [4.78, 5) is 11.8. The van der Waals surface area contributed by atoms with Crippen molar-refractivity contribution in [3.8, 4) is 22.8 Å². The van der Waals surface area contributed by atoms with E-state index in [1.54, 1.807) is 20.4 Å². The molecule has 34 heavy (non-hydrogen) atoms. The van der Waals surface area contributed by atoms with Gasteiger partial charge in [0, 0.05) is 67.0 Å². The molecule has 1 N–H and O–H groups in total. The van der Waals surface area contributed by atoms with E-state index in [1.165, 1.54) is 0 Å². The maximum atomic E-state index is 5.52. The van der Waals surface area contributed by atoms with Crippen LogP contribution >= 0.6 is 0 Å². The molecule has 178 valence electrons. The molecule has 8 nitrogen and oxygen atoms in total. The number of hydrogen-bond acceptors (Lipinski definition) is 7. The van der Waals surface area contributed by atoms with Crippen molar-refractivity contribution < 1.29 is 9.47 Å². The van der Waals surface area contributed by atoms with Crippen LogP contribution in [-0.2, 0) is 6.54 Å². The zero-order chi connectivity index (χ0) is 24.1. The van der Waals surface area contributed by atoms with Crippen LogP contribution in [0.1, 0.15) is 20.8 Å². The van der Waals surface area contributed by atoms with E-state index in [1.807, 2.05) is 41.3 Å². The largest absolute Gasteiger partial charge is 0.497 e. The number of rotatable bonds is 10. The first-order chi connectivity index (χ1) is 16.5. The van der Waals surface area contributed by atoms with Crippen molar-refractivity contribution in [2.45, 2.75) is 33.4 Å². The zero-order valence-electron chi connectivity index (χ0n) is 20.4. The first-order valence-corrected chi connectivity index (χ1v) is 11.5. The molecule has 0 saturated heterocycles. The topological polar surface area (TPSA) is 77.3 Å². The molecule has 0 bridgehead atoms. The maximum Gasteiger partial charge on any atom is 0.124 e. The third kappa shape index (κ3) is 5.28. The molecule has 2 aromatic heterocycles. The second kappa shape index (κ2) is 10.5. The summed E-state index contributed by atoms with van der Waals surface area (Å²) in [6, 6.07) is 12.5. The smallest absolute Gasteiger partial charge is 0.124 e. The van der Waals surface area contributed by atoms with Gasteiger partial charge in [-0.2, -0.15) is 5.10 Å². The van der Waals surface area contributed by atoms with Crippen molar-refractivity contribution in [3.63, 3.8) is 0 Å². The summed E-state index contributed by atoms with van der Waals surface area (Å²) in [5, 5.41) is 7.87. The van der Waals surface area contributed by atoms with E-state index in [-0.39, 0.29) is 0 Å². The molecule has 0 atom stereocenters. The summed E-state index contributed by atoms with van der Waals surface area (Å²) in [5.74, 6) is 1.49. The number of ether oxygens (including phenoxy) is 2. The van der Waals surface area contributed by atoms with E-state index < -0.39 is 0 Å². The maximum absolute atomic E-state index is 5.52. The number of methoxy groups -OCH3 is 2. The van der Waals surface area contributed by atoms with E-state index in [2.05, 4.69) is 53.2 Å². The van der Waals surface area contributed by atoms with Gasteiger partial charge in [0.15, 0.2) is 0 Å². The van der Waals surface area contributed by atoms with E-state index in [9.17, 15) is 0 Å². The lowest BCUT2D eigenvalue weighted by Gasteiger charge is -2.27. The third-order valence-electron chi connectivity index (χ3n) is 5.63. The monoisotopic (exact) mass is 460 g/mol. The summed E-state index contributed by atoms with van der Waals surface area (Å²) in [5.41, 5.74) is 5.44. The molecule has 0 amide bonds. The second-order valence-corrected chi connectivity index (χ2v) is 8.34. The van der Waals surface area contributed by atoms with Crippen LogP contribution in [0.2, 0.25) is 0 Å². The van der Waals surface area contributed by atoms with Gasteiger partial charge in [0.2, 0.25) is 0 Å². The van der Waals surface area contributed by atoms with Crippen LogP contribution in [-0.4, -0.2) is 53.1 Å². The van der Waals surface area contributed by atoms with Crippen molar-refractivity contribution >= 4 is 22.4 Å². The zero-order valence-corrected chi connectivity index (χ0v) is 20.4. The van der Waals surface area contributed by atoms with Gasteiger partial charge in [0.1, 0.15) is 11.5 Å². The van der Waals surface area contributed by atoms with Crippen molar-refractivity contribution in [3.05, 3.63) is 55.0 Å². The average Bonchev–Trinajstić information content (AvgIpc) is 3.35. The van der Waals surface area contributed by atoms with Crippen LogP contribution in [0.25, 0.3) is 22.3 Å². The highest BCUT2D eigenvalue weighted by Gasteiger charge is 2.15. The molecular formula is C26H32N6O2. The summed E-state index contributed by atoms with van der Waals surface area (Å²) >= 11 is 0. The van der Waals surface area contributed by atoms with Gasteiger partial charge in [-0.1, -0.05) is 13.8 Å². The molecular weight excluding hydrogens is 428 g/mol. The van der Waals surface area contributed by atoms with Gasteiger partial charge in [0.25, 0.3) is 0 Å². The molecule has 4 rings (SSSR count). The first-order valence-electron chi connectivity index (χ1n) is 11.5. The van der Waals surface area contributed by atoms with Gasteiger partial charge >= 0.3 is 0 Å². The van der Waals surface area contributed by atoms with Gasteiger partial charge < -0.3 is 19.7 Å². The van der Waals surface area contributed by atoms with Crippen molar-refractivity contribution in [1.29, 1.82) is 0 Å². The molecule has 0 aliphatic carbocycles. The fourth-order valence-corrected chi connectivity index (χ4v) is 3.80. The second-order valence-electron chi connectivity index (χ2n) is 8.34. The number of aryl methyl sites for hydroxylation is 1. The van der Waals surface area contributed by atoms with Gasteiger partial charge in [-0.05, 0) is 25.1 Å². The standard InChI is InChI=1S/C26H32N6O2/c1-6-31-17-19(15-29-31)26-16-28-24-8-7-20(13-25(24)30-26)32(10-9-27-18(2)3)21-11-22(33-4)14-23(12-21)34-5/h7-8,11-18,27H,6,9-10H2,1-5H3. The minimum Gasteiger partial charge on any atom is -0.497 e. The number of hydrogen-bond donors (Lipinski definition) is 1. The van der Waals surface area contributed by atoms with E-state index in [0.29, 0.717) is 6.04 Å². The fraction of sp³-hybridized carbons (Fsp3) is 0.346. The van der Waals surface area contributed by atoms with Gasteiger partial charge in [0.05, 0.1) is 43.3 Å². The summed E-state index contributed by atoms with van der Waals surface area (Å²) in [6.07, 6.45) is 5.62. The molecule has 4 aromatic rings. The van der Waals surface area contributed by atoms with Gasteiger partial charge in [-0.3, -0.25) is 9.67 Å². The van der Waals surface area contributed by atoms with Crippen LogP contribution in [0.4, 0.5) is 11.4 Å². The molecule has 0 saturated carbocycles. The third-order valence-corrected chi connectivity index (χ3v) is 5.63. The van der Waals surface area contributed by atoms with Gasteiger partial charge in [-0.25, -0.2) is 4.98 Å².